The molecule has 0 spiro atoms. The third-order valence-electron chi connectivity index (χ3n) is 5.78. The lowest BCUT2D eigenvalue weighted by atomic mass is 10.1. The molecule has 0 atom stereocenters. The Hall–Kier alpha value is -4.20. The highest BCUT2D eigenvalue weighted by Crippen LogP contribution is 2.21. The molecular formula is C25H21FN4O3. The highest BCUT2D eigenvalue weighted by Gasteiger charge is 2.13. The Morgan fingerprint density at radius 3 is 2.64 bits per heavy atom. The number of carbonyl (C=O) groups is 1. The lowest BCUT2D eigenvalue weighted by Crippen LogP contribution is -2.22. The number of nitrogens with zero attached hydrogens (tertiary/aromatic N) is 3. The number of oxazole rings is 1. The molecule has 0 aliphatic carbocycles. The molecule has 3 aromatic carbocycles. The van der Waals surface area contributed by atoms with Crippen LogP contribution in [0.5, 0.6) is 0 Å². The second kappa shape index (κ2) is 8.05. The molecule has 0 aliphatic heterocycles. The van der Waals surface area contributed by atoms with Crippen molar-refractivity contribution in [2.24, 2.45) is 14.1 Å². The zero-order chi connectivity index (χ0) is 23.1. The first-order valence-corrected chi connectivity index (χ1v) is 10.5. The van der Waals surface area contributed by atoms with Gasteiger partial charge >= 0.3 is 5.69 Å². The van der Waals surface area contributed by atoms with Crippen LogP contribution in [0.1, 0.15) is 27.4 Å². The van der Waals surface area contributed by atoms with E-state index in [2.05, 4.69) is 10.3 Å². The zero-order valence-electron chi connectivity index (χ0n) is 18.1. The minimum Gasteiger partial charge on any atom is -0.440 e. The van der Waals surface area contributed by atoms with Gasteiger partial charge in [0.15, 0.2) is 11.5 Å². The molecule has 8 heteroatoms. The fraction of sp³-hybridized carbons (Fsp3) is 0.160. The van der Waals surface area contributed by atoms with E-state index in [1.807, 2.05) is 18.2 Å². The molecule has 0 bridgehead atoms. The average molecular weight is 444 g/mol. The van der Waals surface area contributed by atoms with Gasteiger partial charge in [-0.1, -0.05) is 24.3 Å². The number of aryl methyl sites for hydroxylation is 2. The topological polar surface area (TPSA) is 82.1 Å². The van der Waals surface area contributed by atoms with Crippen molar-refractivity contribution in [1.29, 1.82) is 0 Å². The van der Waals surface area contributed by atoms with Gasteiger partial charge in [0.1, 0.15) is 11.3 Å². The van der Waals surface area contributed by atoms with Gasteiger partial charge in [-0.25, -0.2) is 14.2 Å². The molecule has 7 nitrogen and oxygen atoms in total. The fourth-order valence-corrected chi connectivity index (χ4v) is 3.94. The van der Waals surface area contributed by atoms with Gasteiger partial charge < -0.3 is 9.73 Å². The Labute approximate surface area is 188 Å². The molecule has 0 saturated heterocycles. The monoisotopic (exact) mass is 444 g/mol. The maximum atomic E-state index is 13.9. The molecule has 1 N–H and O–H groups in total. The molecule has 0 fully saturated rings. The molecule has 0 aliphatic rings. The number of benzene rings is 3. The second-order valence-electron chi connectivity index (χ2n) is 7.96. The van der Waals surface area contributed by atoms with Crippen molar-refractivity contribution >= 4 is 28.0 Å². The molecule has 1 amide bonds. The maximum absolute atomic E-state index is 13.9. The summed E-state index contributed by atoms with van der Waals surface area (Å²) < 4.78 is 22.8. The van der Waals surface area contributed by atoms with Crippen molar-refractivity contribution in [3.8, 4) is 0 Å². The summed E-state index contributed by atoms with van der Waals surface area (Å²) in [4.78, 5) is 29.2. The first kappa shape index (κ1) is 20.7. The van der Waals surface area contributed by atoms with Crippen LogP contribution in [-0.2, 0) is 27.1 Å². The van der Waals surface area contributed by atoms with Crippen molar-refractivity contribution in [2.45, 2.75) is 13.0 Å². The number of hydrogen-bond donors (Lipinski definition) is 1. The van der Waals surface area contributed by atoms with E-state index in [-0.39, 0.29) is 23.8 Å². The van der Waals surface area contributed by atoms with Crippen LogP contribution in [0.15, 0.2) is 69.9 Å². The Morgan fingerprint density at radius 1 is 1.03 bits per heavy atom. The van der Waals surface area contributed by atoms with E-state index in [4.69, 9.17) is 4.42 Å². The number of nitrogens with one attached hydrogen (secondary N) is 1. The smallest absolute Gasteiger partial charge is 0.328 e. The minimum atomic E-state index is -0.311. The second-order valence-corrected chi connectivity index (χ2v) is 7.96. The van der Waals surface area contributed by atoms with E-state index in [1.54, 1.807) is 59.6 Å². The normalized spacial score (nSPS) is 11.4. The predicted octanol–water partition coefficient (Wildman–Crippen LogP) is 3.68. The number of fused-ring (bicyclic) bond motifs is 2. The van der Waals surface area contributed by atoms with Gasteiger partial charge in [-0.15, -0.1) is 0 Å². The molecule has 2 aromatic heterocycles. The highest BCUT2D eigenvalue weighted by atomic mass is 19.1. The van der Waals surface area contributed by atoms with E-state index in [0.717, 1.165) is 16.6 Å². The molecule has 0 unspecified atom stereocenters. The molecule has 0 saturated carbocycles. The number of aromatic nitrogens is 3. The molecule has 5 rings (SSSR count). The maximum Gasteiger partial charge on any atom is 0.328 e. The lowest BCUT2D eigenvalue weighted by Gasteiger charge is -2.06. The van der Waals surface area contributed by atoms with Crippen molar-refractivity contribution < 1.29 is 13.6 Å². The van der Waals surface area contributed by atoms with Crippen molar-refractivity contribution in [2.75, 3.05) is 0 Å². The summed E-state index contributed by atoms with van der Waals surface area (Å²) in [5, 5.41) is 2.89. The molecule has 166 valence electrons. The Kier molecular flexibility index (Phi) is 5.05. The summed E-state index contributed by atoms with van der Waals surface area (Å²) in [6, 6.07) is 17.2. The van der Waals surface area contributed by atoms with E-state index >= 15 is 0 Å². The molecule has 33 heavy (non-hydrogen) atoms. The summed E-state index contributed by atoms with van der Waals surface area (Å²) in [6.07, 6.45) is 0.230. The Morgan fingerprint density at radius 2 is 1.82 bits per heavy atom. The van der Waals surface area contributed by atoms with Crippen LogP contribution in [-0.4, -0.2) is 20.0 Å². The number of imidazole rings is 1. The van der Waals surface area contributed by atoms with Crippen molar-refractivity contribution in [3.63, 3.8) is 0 Å². The largest absolute Gasteiger partial charge is 0.440 e. The summed E-state index contributed by atoms with van der Waals surface area (Å²) in [6.45, 7) is 0.310. The zero-order valence-corrected chi connectivity index (χ0v) is 18.1. The van der Waals surface area contributed by atoms with Gasteiger partial charge in [-0.05, 0) is 47.5 Å². The minimum absolute atomic E-state index is 0.0964. The first-order chi connectivity index (χ1) is 15.9. The van der Waals surface area contributed by atoms with E-state index in [1.165, 1.54) is 6.07 Å². The molecular weight excluding hydrogens is 423 g/mol. The molecule has 2 heterocycles. The fourth-order valence-electron chi connectivity index (χ4n) is 3.94. The van der Waals surface area contributed by atoms with Crippen LogP contribution in [0.25, 0.3) is 22.1 Å². The van der Waals surface area contributed by atoms with E-state index < -0.39 is 0 Å². The third kappa shape index (κ3) is 3.80. The van der Waals surface area contributed by atoms with E-state index in [9.17, 15) is 14.0 Å². The SMILES string of the molecule is Cn1c(=O)n(C)c2cc(CNC(=O)c3ccc4nc(Cc5ccccc5F)oc4c3)ccc21. The summed E-state index contributed by atoms with van der Waals surface area (Å²) in [5.41, 5.74) is 4.42. The molecule has 0 radical (unpaired) electrons. The lowest BCUT2D eigenvalue weighted by molar-refractivity contribution is 0.0951. The summed E-state index contributed by atoms with van der Waals surface area (Å²) >= 11 is 0. The Balaban J connectivity index is 1.32. The average Bonchev–Trinajstić information content (AvgIpc) is 3.32. The van der Waals surface area contributed by atoms with Gasteiger partial charge in [-0.2, -0.15) is 0 Å². The number of amides is 1. The molecule has 5 aromatic rings. The van der Waals surface area contributed by atoms with Crippen molar-refractivity contribution in [3.05, 3.63) is 99.5 Å². The van der Waals surface area contributed by atoms with Crippen molar-refractivity contribution in [1.82, 2.24) is 19.4 Å². The summed E-state index contributed by atoms with van der Waals surface area (Å²) in [5.74, 6) is -0.186. The Bertz CT molecular complexity index is 1580. The standard InChI is InChI=1S/C25H21FN4O3/c1-29-20-10-7-15(11-21(20)30(2)25(29)32)14-27-24(31)17-8-9-19-22(12-17)33-23(28-19)13-16-5-3-4-6-18(16)26/h3-12H,13-14H2,1-2H3,(H,27,31). The van der Waals surface area contributed by atoms with Crippen LogP contribution in [0, 0.1) is 5.82 Å². The number of halogens is 1. The van der Waals surface area contributed by atoms with Crippen LogP contribution in [0.3, 0.4) is 0 Å². The first-order valence-electron chi connectivity index (χ1n) is 10.5. The number of hydrogen-bond acceptors (Lipinski definition) is 4. The number of rotatable bonds is 5. The van der Waals surface area contributed by atoms with Gasteiger partial charge in [0.05, 0.1) is 17.5 Å². The van der Waals surface area contributed by atoms with Gasteiger partial charge in [-0.3, -0.25) is 13.9 Å². The van der Waals surface area contributed by atoms with Crippen LogP contribution < -0.4 is 11.0 Å². The van der Waals surface area contributed by atoms with Crippen LogP contribution in [0.4, 0.5) is 4.39 Å². The van der Waals surface area contributed by atoms with E-state index in [0.29, 0.717) is 34.7 Å². The quantitative estimate of drug-likeness (QED) is 0.448. The van der Waals surface area contributed by atoms with Gasteiger partial charge in [0.2, 0.25) is 0 Å². The van der Waals surface area contributed by atoms with Crippen LogP contribution in [0.2, 0.25) is 0 Å². The van der Waals surface area contributed by atoms with Gasteiger partial charge in [0.25, 0.3) is 5.91 Å². The summed E-state index contributed by atoms with van der Waals surface area (Å²) in [7, 11) is 3.45. The third-order valence-corrected chi connectivity index (χ3v) is 5.78. The van der Waals surface area contributed by atoms with Gasteiger partial charge in [0, 0.05) is 26.2 Å². The number of carbonyl (C=O) groups excluding carboxylic acids is 1. The highest BCUT2D eigenvalue weighted by molar-refractivity contribution is 5.97. The predicted molar refractivity (Wildman–Crippen MR) is 123 cm³/mol. The van der Waals surface area contributed by atoms with Crippen LogP contribution >= 0.6 is 0 Å².